The topological polar surface area (TPSA) is 20.9 Å². The standard InChI is InChI=1S/C20H15BrNO.BrH/c21-17-5-3-9-22(12-17)13-20(23)15-7-8-19-16(11-15)10-14-4-1-2-6-18(14)19;/h1-9,11-12H,10,13H2;1H/q+1;/p-1. The van der Waals surface area contributed by atoms with Gasteiger partial charge in [-0.3, -0.25) is 4.79 Å². The number of ketones is 1. The van der Waals surface area contributed by atoms with Crippen molar-refractivity contribution in [3.8, 4) is 11.1 Å². The molecule has 2 aromatic carbocycles. The van der Waals surface area contributed by atoms with Gasteiger partial charge in [-0.2, -0.15) is 4.57 Å². The molecule has 2 nitrogen and oxygen atoms in total. The molecule has 0 spiro atoms. The normalized spacial score (nSPS) is 11.4. The van der Waals surface area contributed by atoms with Gasteiger partial charge < -0.3 is 17.0 Å². The van der Waals surface area contributed by atoms with Crippen LogP contribution in [0, 0.1) is 0 Å². The van der Waals surface area contributed by atoms with E-state index in [0.717, 1.165) is 16.5 Å². The quantitative estimate of drug-likeness (QED) is 0.343. The van der Waals surface area contributed by atoms with Gasteiger partial charge in [0.2, 0.25) is 12.3 Å². The molecule has 0 unspecified atom stereocenters. The number of halogens is 2. The van der Waals surface area contributed by atoms with E-state index in [1.165, 1.54) is 22.3 Å². The molecule has 0 saturated carbocycles. The van der Waals surface area contributed by atoms with E-state index in [1.54, 1.807) is 0 Å². The fourth-order valence-corrected chi connectivity index (χ4v) is 3.58. The number of Topliss-reactive ketones (excluding diaryl/α,β-unsaturated/α-hetero) is 1. The summed E-state index contributed by atoms with van der Waals surface area (Å²) < 4.78 is 2.87. The van der Waals surface area contributed by atoms with Crippen LogP contribution < -0.4 is 21.5 Å². The molecule has 1 heterocycles. The van der Waals surface area contributed by atoms with Crippen LogP contribution in [0.4, 0.5) is 0 Å². The first kappa shape index (κ1) is 17.1. The number of hydrogen-bond acceptors (Lipinski definition) is 1. The largest absolute Gasteiger partial charge is 1.00 e. The predicted molar refractivity (Wildman–Crippen MR) is 93.4 cm³/mol. The molecule has 3 aromatic rings. The summed E-state index contributed by atoms with van der Waals surface area (Å²) in [5.74, 6) is 0.131. The summed E-state index contributed by atoms with van der Waals surface area (Å²) in [5, 5.41) is 0. The molecule has 0 N–H and O–H groups in total. The highest BCUT2D eigenvalue weighted by Gasteiger charge is 2.20. The summed E-state index contributed by atoms with van der Waals surface area (Å²) in [7, 11) is 0. The van der Waals surface area contributed by atoms with Gasteiger partial charge in [-0.25, -0.2) is 0 Å². The first-order chi connectivity index (χ1) is 11.2. The number of nitrogens with zero attached hydrogens (tertiary/aromatic N) is 1. The number of fused-ring (bicyclic) bond motifs is 3. The number of rotatable bonds is 3. The van der Waals surface area contributed by atoms with Crippen LogP contribution in [0.15, 0.2) is 71.5 Å². The highest BCUT2D eigenvalue weighted by atomic mass is 79.9. The monoisotopic (exact) mass is 443 g/mol. The minimum absolute atomic E-state index is 0. The summed E-state index contributed by atoms with van der Waals surface area (Å²) in [5.41, 5.74) is 5.92. The summed E-state index contributed by atoms with van der Waals surface area (Å²) in [4.78, 5) is 12.6. The first-order valence-corrected chi connectivity index (χ1v) is 8.39. The molecule has 120 valence electrons. The van der Waals surface area contributed by atoms with Crippen LogP contribution in [-0.4, -0.2) is 5.78 Å². The Morgan fingerprint density at radius 3 is 2.62 bits per heavy atom. The number of hydrogen-bond donors (Lipinski definition) is 0. The lowest BCUT2D eigenvalue weighted by molar-refractivity contribution is -0.683. The second-order valence-corrected chi connectivity index (χ2v) is 6.74. The third-order valence-electron chi connectivity index (χ3n) is 4.26. The lowest BCUT2D eigenvalue weighted by Crippen LogP contribution is -3.00. The fourth-order valence-electron chi connectivity index (χ4n) is 3.16. The number of carbonyl (C=O) groups excluding carboxylic acids is 1. The molecule has 4 rings (SSSR count). The molecule has 0 atom stereocenters. The molecule has 0 radical (unpaired) electrons. The van der Waals surface area contributed by atoms with Crippen LogP contribution in [0.3, 0.4) is 0 Å². The van der Waals surface area contributed by atoms with Gasteiger partial charge in [0.25, 0.3) is 0 Å². The van der Waals surface area contributed by atoms with E-state index in [9.17, 15) is 4.79 Å². The molecule has 4 heteroatoms. The summed E-state index contributed by atoms with van der Waals surface area (Å²) in [6, 6.07) is 18.4. The van der Waals surface area contributed by atoms with Crippen LogP contribution in [0.2, 0.25) is 0 Å². The second-order valence-electron chi connectivity index (χ2n) is 5.82. The van der Waals surface area contributed by atoms with E-state index in [4.69, 9.17) is 0 Å². The molecule has 0 fully saturated rings. The molecule has 1 aromatic heterocycles. The number of carbonyl (C=O) groups is 1. The molecule has 0 saturated heterocycles. The van der Waals surface area contributed by atoms with E-state index in [-0.39, 0.29) is 22.8 Å². The number of benzene rings is 2. The third-order valence-corrected chi connectivity index (χ3v) is 4.73. The maximum absolute atomic E-state index is 12.6. The second kappa shape index (κ2) is 6.99. The van der Waals surface area contributed by atoms with Crippen molar-refractivity contribution in [2.75, 3.05) is 0 Å². The maximum Gasteiger partial charge on any atom is 0.227 e. The van der Waals surface area contributed by atoms with Crippen LogP contribution in [0.1, 0.15) is 21.5 Å². The van der Waals surface area contributed by atoms with Gasteiger partial charge in [0.05, 0.1) is 4.47 Å². The van der Waals surface area contributed by atoms with Crippen molar-refractivity contribution in [3.63, 3.8) is 0 Å². The minimum atomic E-state index is 0. The van der Waals surface area contributed by atoms with Gasteiger partial charge in [0, 0.05) is 11.6 Å². The van der Waals surface area contributed by atoms with Crippen LogP contribution >= 0.6 is 15.9 Å². The molecule has 1 aliphatic rings. The predicted octanol–water partition coefficient (Wildman–Crippen LogP) is 1.19. The summed E-state index contributed by atoms with van der Waals surface area (Å²) >= 11 is 3.43. The Labute approximate surface area is 160 Å². The van der Waals surface area contributed by atoms with E-state index in [2.05, 4.69) is 52.3 Å². The summed E-state index contributed by atoms with van der Waals surface area (Å²) in [6.45, 7) is 0.352. The average molecular weight is 445 g/mol. The SMILES string of the molecule is O=C(C[n+]1cccc(Br)c1)c1ccc2c(c1)Cc1ccccc1-2.[Br-]. The molecule has 1 aliphatic carbocycles. The maximum atomic E-state index is 12.6. The molecule has 0 amide bonds. The van der Waals surface area contributed by atoms with Gasteiger partial charge >= 0.3 is 0 Å². The van der Waals surface area contributed by atoms with Crippen molar-refractivity contribution >= 4 is 21.7 Å². The van der Waals surface area contributed by atoms with Gasteiger partial charge in [-0.05, 0) is 56.7 Å². The Kier molecular flexibility index (Phi) is 4.97. The average Bonchev–Trinajstić information content (AvgIpc) is 2.92. The van der Waals surface area contributed by atoms with Crippen molar-refractivity contribution in [1.29, 1.82) is 0 Å². The molecule has 24 heavy (non-hydrogen) atoms. The lowest BCUT2D eigenvalue weighted by Gasteiger charge is -2.04. The zero-order valence-corrected chi connectivity index (χ0v) is 16.0. The highest BCUT2D eigenvalue weighted by Crippen LogP contribution is 2.36. The summed E-state index contributed by atoms with van der Waals surface area (Å²) in [6.07, 6.45) is 4.74. The van der Waals surface area contributed by atoms with Crippen molar-refractivity contribution < 1.29 is 26.3 Å². The van der Waals surface area contributed by atoms with E-state index in [1.807, 2.05) is 35.2 Å². The number of aromatic nitrogens is 1. The minimum Gasteiger partial charge on any atom is -1.00 e. The highest BCUT2D eigenvalue weighted by molar-refractivity contribution is 9.10. The van der Waals surface area contributed by atoms with Gasteiger partial charge in [0.15, 0.2) is 12.4 Å². The van der Waals surface area contributed by atoms with Crippen molar-refractivity contribution in [1.82, 2.24) is 0 Å². The van der Waals surface area contributed by atoms with Gasteiger partial charge in [-0.15, -0.1) is 0 Å². The zero-order chi connectivity index (χ0) is 15.8. The van der Waals surface area contributed by atoms with Crippen molar-refractivity contribution in [2.24, 2.45) is 0 Å². The Morgan fingerprint density at radius 1 is 1.00 bits per heavy atom. The molecular weight excluding hydrogens is 430 g/mol. The first-order valence-electron chi connectivity index (χ1n) is 7.60. The molecule has 0 bridgehead atoms. The Balaban J connectivity index is 0.00000169. The van der Waals surface area contributed by atoms with E-state index in [0.29, 0.717) is 6.54 Å². The number of pyridine rings is 1. The van der Waals surface area contributed by atoms with Crippen LogP contribution in [-0.2, 0) is 13.0 Å². The lowest BCUT2D eigenvalue weighted by atomic mass is 10.0. The van der Waals surface area contributed by atoms with Crippen LogP contribution in [0.25, 0.3) is 11.1 Å². The van der Waals surface area contributed by atoms with E-state index < -0.39 is 0 Å². The fraction of sp³-hybridized carbons (Fsp3) is 0.100. The molecule has 0 aliphatic heterocycles. The third kappa shape index (κ3) is 3.21. The Hall–Kier alpha value is -1.78. The Bertz CT molecular complexity index is 921. The zero-order valence-electron chi connectivity index (χ0n) is 12.9. The molecular formula is C20H15Br2NO. The van der Waals surface area contributed by atoms with Gasteiger partial charge in [-0.1, -0.05) is 36.4 Å². The van der Waals surface area contributed by atoms with Gasteiger partial charge in [0.1, 0.15) is 0 Å². The van der Waals surface area contributed by atoms with Crippen molar-refractivity contribution in [2.45, 2.75) is 13.0 Å². The smallest absolute Gasteiger partial charge is 0.227 e. The van der Waals surface area contributed by atoms with E-state index >= 15 is 0 Å². The van der Waals surface area contributed by atoms with Crippen molar-refractivity contribution in [3.05, 3.63) is 88.2 Å². The van der Waals surface area contributed by atoms with Crippen LogP contribution in [0.5, 0.6) is 0 Å². The Morgan fingerprint density at radius 2 is 1.79 bits per heavy atom.